The van der Waals surface area contributed by atoms with Crippen molar-refractivity contribution in [3.8, 4) is 5.75 Å². The second-order valence-electron chi connectivity index (χ2n) is 6.69. The Morgan fingerprint density at radius 2 is 1.72 bits per heavy atom. The van der Waals surface area contributed by atoms with Crippen LogP contribution in [0.15, 0.2) is 72.8 Å². The number of amides is 1. The molecule has 0 spiro atoms. The summed E-state index contributed by atoms with van der Waals surface area (Å²) in [4.78, 5) is 35.0. The highest BCUT2D eigenvalue weighted by Crippen LogP contribution is 2.24. The second kappa shape index (κ2) is 10.9. The Morgan fingerprint density at radius 3 is 2.47 bits per heavy atom. The number of ether oxygens (including phenoxy) is 2. The predicted molar refractivity (Wildman–Crippen MR) is 117 cm³/mol. The summed E-state index contributed by atoms with van der Waals surface area (Å²) >= 11 is 6.01. The molecule has 0 saturated heterocycles. The van der Waals surface area contributed by atoms with Crippen LogP contribution >= 0.6 is 11.6 Å². The summed E-state index contributed by atoms with van der Waals surface area (Å²) in [6, 6.07) is 19.5. The van der Waals surface area contributed by atoms with Crippen molar-refractivity contribution in [1.82, 2.24) is 5.32 Å². The van der Waals surface area contributed by atoms with Crippen LogP contribution in [0.4, 0.5) is 5.69 Å². The highest BCUT2D eigenvalue weighted by molar-refractivity contribution is 6.30. The van der Waals surface area contributed by atoms with Crippen molar-refractivity contribution >= 4 is 29.2 Å². The number of carbonyl (C=O) groups excluding carboxylic acids is 2. The minimum absolute atomic E-state index is 0.0683. The number of hydrogen-bond donors (Lipinski definition) is 1. The van der Waals surface area contributed by atoms with Crippen molar-refractivity contribution in [2.75, 3.05) is 6.61 Å². The van der Waals surface area contributed by atoms with Gasteiger partial charge in [0.25, 0.3) is 11.6 Å². The lowest BCUT2D eigenvalue weighted by Crippen LogP contribution is -2.24. The first-order valence-electron chi connectivity index (χ1n) is 9.56. The monoisotopic (exact) mass is 454 g/mol. The molecule has 1 amide bonds. The molecule has 3 aromatic carbocycles. The molecule has 0 bridgehead atoms. The molecule has 3 rings (SSSR count). The molecule has 0 saturated carbocycles. The maximum Gasteiger partial charge on any atom is 0.344 e. The Balaban J connectivity index is 1.60. The summed E-state index contributed by atoms with van der Waals surface area (Å²) in [5, 5.41) is 13.9. The van der Waals surface area contributed by atoms with Gasteiger partial charge in [0, 0.05) is 23.7 Å². The fraction of sp³-hybridized carbons (Fsp3) is 0.130. The fourth-order valence-corrected chi connectivity index (χ4v) is 2.94. The van der Waals surface area contributed by atoms with Gasteiger partial charge in [-0.05, 0) is 29.3 Å². The van der Waals surface area contributed by atoms with Gasteiger partial charge in [0.1, 0.15) is 12.4 Å². The highest BCUT2D eigenvalue weighted by atomic mass is 35.5. The average molecular weight is 455 g/mol. The van der Waals surface area contributed by atoms with Crippen molar-refractivity contribution in [2.45, 2.75) is 13.2 Å². The van der Waals surface area contributed by atoms with Crippen LogP contribution in [0, 0.1) is 10.1 Å². The third-order valence-electron chi connectivity index (χ3n) is 4.35. The Morgan fingerprint density at radius 1 is 0.969 bits per heavy atom. The zero-order valence-electron chi connectivity index (χ0n) is 16.8. The molecule has 32 heavy (non-hydrogen) atoms. The van der Waals surface area contributed by atoms with Gasteiger partial charge in [0.2, 0.25) is 0 Å². The van der Waals surface area contributed by atoms with Crippen LogP contribution in [0.2, 0.25) is 5.02 Å². The number of benzene rings is 3. The number of non-ortho nitro benzene ring substituents is 1. The quantitative estimate of drug-likeness (QED) is 0.293. The molecule has 0 heterocycles. The van der Waals surface area contributed by atoms with Crippen LogP contribution in [0.3, 0.4) is 0 Å². The first kappa shape index (κ1) is 22.8. The molecule has 0 aliphatic rings. The standard InChI is InChI=1S/C23H19ClN2O6/c24-18-9-10-20(23(28)25-13-17-7-4-8-19(11-17)26(29)30)21(12-18)31-15-22(27)32-14-16-5-2-1-3-6-16/h1-12H,13-15H2,(H,25,28). The number of esters is 1. The van der Waals surface area contributed by atoms with Gasteiger partial charge in [-0.25, -0.2) is 4.79 Å². The van der Waals surface area contributed by atoms with E-state index in [2.05, 4.69) is 5.32 Å². The van der Waals surface area contributed by atoms with E-state index in [1.165, 1.54) is 36.4 Å². The van der Waals surface area contributed by atoms with Gasteiger partial charge in [0.15, 0.2) is 6.61 Å². The summed E-state index contributed by atoms with van der Waals surface area (Å²) in [6.07, 6.45) is 0. The first-order valence-corrected chi connectivity index (χ1v) is 9.93. The normalized spacial score (nSPS) is 10.3. The lowest BCUT2D eigenvalue weighted by molar-refractivity contribution is -0.384. The van der Waals surface area contributed by atoms with Crippen LogP contribution in [0.1, 0.15) is 21.5 Å². The third-order valence-corrected chi connectivity index (χ3v) is 4.59. The van der Waals surface area contributed by atoms with E-state index >= 15 is 0 Å². The zero-order chi connectivity index (χ0) is 22.9. The molecular formula is C23H19ClN2O6. The number of nitro benzene ring substituents is 1. The number of nitrogens with zero attached hydrogens (tertiary/aromatic N) is 1. The van der Waals surface area contributed by atoms with Gasteiger partial charge in [0.05, 0.1) is 10.5 Å². The second-order valence-corrected chi connectivity index (χ2v) is 7.12. The largest absolute Gasteiger partial charge is 0.481 e. The van der Waals surface area contributed by atoms with Gasteiger partial charge in [-0.2, -0.15) is 0 Å². The number of carbonyl (C=O) groups is 2. The third kappa shape index (κ3) is 6.55. The Bertz CT molecular complexity index is 1120. The first-order chi connectivity index (χ1) is 15.4. The van der Waals surface area contributed by atoms with Crippen LogP contribution < -0.4 is 10.1 Å². The highest BCUT2D eigenvalue weighted by Gasteiger charge is 2.16. The molecule has 9 heteroatoms. The molecular weight excluding hydrogens is 436 g/mol. The number of hydrogen-bond acceptors (Lipinski definition) is 6. The predicted octanol–water partition coefficient (Wildman–Crippen LogP) is 4.30. The Labute approximate surface area is 188 Å². The summed E-state index contributed by atoms with van der Waals surface area (Å²) in [5.74, 6) is -0.969. The zero-order valence-corrected chi connectivity index (χ0v) is 17.6. The summed E-state index contributed by atoms with van der Waals surface area (Å²) in [7, 11) is 0. The minimum Gasteiger partial charge on any atom is -0.481 e. The molecule has 3 aromatic rings. The Hall–Kier alpha value is -3.91. The smallest absolute Gasteiger partial charge is 0.344 e. The van der Waals surface area contributed by atoms with Crippen LogP contribution in [0.5, 0.6) is 5.75 Å². The van der Waals surface area contributed by atoms with E-state index in [9.17, 15) is 19.7 Å². The fourth-order valence-electron chi connectivity index (χ4n) is 2.78. The van der Waals surface area contributed by atoms with E-state index in [4.69, 9.17) is 21.1 Å². The van der Waals surface area contributed by atoms with Gasteiger partial charge in [-0.3, -0.25) is 14.9 Å². The number of nitro groups is 1. The minimum atomic E-state index is -0.600. The summed E-state index contributed by atoms with van der Waals surface area (Å²) in [6.45, 7) is -0.227. The molecule has 0 aliphatic heterocycles. The van der Waals surface area contributed by atoms with E-state index in [1.807, 2.05) is 30.3 Å². The molecule has 164 valence electrons. The summed E-state index contributed by atoms with van der Waals surface area (Å²) in [5.41, 5.74) is 1.50. The van der Waals surface area contributed by atoms with Gasteiger partial charge in [-0.1, -0.05) is 54.1 Å². The molecule has 0 aromatic heterocycles. The van der Waals surface area contributed by atoms with Crippen molar-refractivity contribution in [1.29, 1.82) is 0 Å². The van der Waals surface area contributed by atoms with Gasteiger partial charge >= 0.3 is 5.97 Å². The topological polar surface area (TPSA) is 108 Å². The number of halogens is 1. The van der Waals surface area contributed by atoms with Gasteiger partial charge < -0.3 is 14.8 Å². The lowest BCUT2D eigenvalue weighted by atomic mass is 10.1. The van der Waals surface area contributed by atoms with Crippen LogP contribution in [0.25, 0.3) is 0 Å². The van der Waals surface area contributed by atoms with Crippen molar-refractivity contribution in [3.05, 3.63) is 105 Å². The van der Waals surface area contributed by atoms with E-state index < -0.39 is 23.4 Å². The molecule has 0 radical (unpaired) electrons. The number of nitrogens with one attached hydrogen (secondary N) is 1. The molecule has 0 atom stereocenters. The molecule has 1 N–H and O–H groups in total. The van der Waals surface area contributed by atoms with E-state index in [-0.39, 0.29) is 30.2 Å². The molecule has 0 aliphatic carbocycles. The number of rotatable bonds is 9. The maximum absolute atomic E-state index is 12.6. The van der Waals surface area contributed by atoms with Crippen molar-refractivity contribution < 1.29 is 24.0 Å². The van der Waals surface area contributed by atoms with Crippen LogP contribution in [-0.4, -0.2) is 23.4 Å². The van der Waals surface area contributed by atoms with Gasteiger partial charge in [-0.15, -0.1) is 0 Å². The van der Waals surface area contributed by atoms with Crippen molar-refractivity contribution in [3.63, 3.8) is 0 Å². The molecule has 8 nitrogen and oxygen atoms in total. The van der Waals surface area contributed by atoms with Crippen LogP contribution in [-0.2, 0) is 22.7 Å². The summed E-state index contributed by atoms with van der Waals surface area (Å²) < 4.78 is 10.6. The van der Waals surface area contributed by atoms with E-state index in [1.54, 1.807) is 6.07 Å². The Kier molecular flexibility index (Phi) is 7.77. The van der Waals surface area contributed by atoms with E-state index in [0.717, 1.165) is 5.56 Å². The van der Waals surface area contributed by atoms with E-state index in [0.29, 0.717) is 10.6 Å². The average Bonchev–Trinajstić information content (AvgIpc) is 2.80. The maximum atomic E-state index is 12.6. The molecule has 0 unspecified atom stereocenters. The molecule has 0 fully saturated rings. The lowest BCUT2D eigenvalue weighted by Gasteiger charge is -2.12. The SMILES string of the molecule is O=C(COc1cc(Cl)ccc1C(=O)NCc1cccc([N+](=O)[O-])c1)OCc1ccccc1. The van der Waals surface area contributed by atoms with Crippen molar-refractivity contribution in [2.24, 2.45) is 0 Å².